The minimum Gasteiger partial charge on any atom is -0.464 e. The highest BCUT2D eigenvalue weighted by atomic mass is 32.1. The molecule has 0 bridgehead atoms. The second kappa shape index (κ2) is 34.3. The van der Waals surface area contributed by atoms with E-state index in [-0.39, 0.29) is 33.2 Å². The molecular formula is C104H109N15O2S. The summed E-state index contributed by atoms with van der Waals surface area (Å²) >= 11 is 1.78. The molecule has 12 heterocycles. The number of hydrogen-bond acceptors (Lipinski definition) is 18. The van der Waals surface area contributed by atoms with Crippen LogP contribution in [-0.4, -0.2) is 155 Å². The molecule has 122 heavy (non-hydrogen) atoms. The van der Waals surface area contributed by atoms with Crippen LogP contribution in [0.4, 0.5) is 0 Å². The van der Waals surface area contributed by atoms with E-state index in [0.717, 1.165) is 144 Å². The third kappa shape index (κ3) is 16.9. The molecule has 0 fully saturated rings. The number of thiophene rings is 1. The Labute approximate surface area is 721 Å². The number of benzene rings is 6. The van der Waals surface area contributed by atoms with Crippen molar-refractivity contribution in [1.29, 1.82) is 0 Å². The normalized spacial score (nSPS) is 24.2. The summed E-state index contributed by atoms with van der Waals surface area (Å²) in [6, 6.07) is 50.0. The van der Waals surface area contributed by atoms with E-state index in [9.17, 15) is 0 Å². The molecule has 0 saturated heterocycles. The van der Waals surface area contributed by atoms with Crippen LogP contribution in [0.15, 0.2) is 258 Å². The number of nitrogens with zero attached hydrogens (tertiary/aromatic N) is 15. The number of aromatic nitrogens is 6. The van der Waals surface area contributed by atoms with Gasteiger partial charge >= 0.3 is 0 Å². The standard InChI is InChI=1S/C18H19NO.C18H19NS.2C17H18N4.C17H17N3.C17H18N2O/c1-13-7-9-18(19-13)10-8-15-14(12-18)4-2-5-16(15)17-6-3-11-20-17;1-13-5-8-18(19-13)9-6-17-14(11-18)3-2-4-16(17)15-7-10-20-12-15;2*1-21-10-17(20-12-21)6-5-16-13(7-17)3-2-4-15(16)14-8-18-11-19-9-14;1-3-13-9-17(6-2-8-20-17)7-5-16(13)15(4-1)14-10-18-12-19-11-14;1-19-11-17(18-12-19)8-7-14-13(10-17)4-2-5-15(14)16-6-3-9-20-16/h2-6,11H,7-10,12H2,1H3;2-4,7,10,12H,5-6,8-9,11H2,1H3;2*2-4,8-9,11-12H,5-7,10H2,1H3;1,3-4,8,10-12H,2,5-7,9H2;2-6,9,12H,7-8,10-11H2,1H3/t2*18-;4*17-/m011000/s1. The predicted molar refractivity (Wildman–Crippen MR) is 495 cm³/mol. The molecule has 6 aromatic carbocycles. The van der Waals surface area contributed by atoms with Crippen molar-refractivity contribution in [2.24, 2.45) is 30.0 Å². The zero-order chi connectivity index (χ0) is 82.7. The fourth-order valence-electron chi connectivity index (χ4n) is 22.0. The maximum absolute atomic E-state index is 5.59. The number of likely N-dealkylation sites (N-methyl/N-ethyl adjacent to an activating group) is 3. The molecule has 17 nitrogen and oxygen atoms in total. The Morgan fingerprint density at radius 3 is 0.918 bits per heavy atom. The van der Waals surface area contributed by atoms with Crippen molar-refractivity contribution in [3.8, 4) is 67.2 Å². The molecule has 6 aliphatic carbocycles. The Hall–Kier alpha value is -11.8. The van der Waals surface area contributed by atoms with Crippen molar-refractivity contribution in [1.82, 2.24) is 44.6 Å². The molecule has 0 N–H and O–H groups in total. The Morgan fingerprint density at radius 2 is 0.623 bits per heavy atom. The smallest absolute Gasteiger partial charge is 0.134 e. The van der Waals surface area contributed by atoms with Gasteiger partial charge in [0.15, 0.2) is 0 Å². The van der Waals surface area contributed by atoms with Crippen LogP contribution in [0.25, 0.3) is 67.2 Å². The minimum atomic E-state index is 0.0908. The summed E-state index contributed by atoms with van der Waals surface area (Å²) in [5, 5.41) is 4.43. The first-order chi connectivity index (χ1) is 59.7. The number of furan rings is 2. The van der Waals surface area contributed by atoms with Crippen molar-refractivity contribution < 1.29 is 8.83 Å². The fraction of sp³-hybridized carbons (Fsp3) is 0.365. The van der Waals surface area contributed by atoms with Crippen molar-refractivity contribution in [2.75, 3.05) is 40.8 Å². The average Bonchev–Trinajstić information content (AvgIpc) is 1.56. The Kier molecular flexibility index (Phi) is 22.5. The molecule has 0 unspecified atom stereocenters. The summed E-state index contributed by atoms with van der Waals surface area (Å²) in [7, 11) is 6.31. The van der Waals surface area contributed by atoms with Gasteiger partial charge in [0.25, 0.3) is 0 Å². The zero-order valence-corrected chi connectivity index (χ0v) is 71.9. The van der Waals surface area contributed by atoms with E-state index in [1.807, 2.05) is 74.4 Å². The summed E-state index contributed by atoms with van der Waals surface area (Å²) in [6.07, 6.45) is 54.9. The van der Waals surface area contributed by atoms with Crippen LogP contribution in [0.3, 0.4) is 0 Å². The number of aliphatic imine (C=N–C) groups is 6. The summed E-state index contributed by atoms with van der Waals surface area (Å²) in [6.45, 7) is 7.46. The molecule has 12 aliphatic rings. The van der Waals surface area contributed by atoms with Crippen molar-refractivity contribution >= 4 is 48.0 Å². The molecule has 0 saturated carbocycles. The highest BCUT2D eigenvalue weighted by Crippen LogP contribution is 2.48. The monoisotopic (exact) mass is 1630 g/mol. The van der Waals surface area contributed by atoms with Crippen LogP contribution in [0.5, 0.6) is 0 Å². The number of hydrogen-bond donors (Lipinski definition) is 0. The second-order valence-electron chi connectivity index (χ2n) is 36.4. The summed E-state index contributed by atoms with van der Waals surface area (Å²) in [5.41, 5.74) is 33.7. The van der Waals surface area contributed by atoms with Gasteiger partial charge in [0.1, 0.15) is 30.5 Å². The van der Waals surface area contributed by atoms with Gasteiger partial charge < -0.3 is 23.5 Å². The van der Waals surface area contributed by atoms with Crippen LogP contribution in [-0.2, 0) is 77.0 Å². The number of fused-ring (bicyclic) bond motifs is 6. The van der Waals surface area contributed by atoms with Crippen molar-refractivity contribution in [2.45, 2.75) is 201 Å². The van der Waals surface area contributed by atoms with E-state index < -0.39 is 0 Å². The zero-order valence-electron chi connectivity index (χ0n) is 71.1. The largest absolute Gasteiger partial charge is 0.464 e. The minimum absolute atomic E-state index is 0.0908. The molecule has 6 atom stereocenters. The van der Waals surface area contributed by atoms with E-state index in [4.69, 9.17) is 38.8 Å². The van der Waals surface area contributed by atoms with Gasteiger partial charge in [0.2, 0.25) is 0 Å². The van der Waals surface area contributed by atoms with Crippen molar-refractivity contribution in [3.63, 3.8) is 0 Å². The molecule has 0 radical (unpaired) electrons. The lowest BCUT2D eigenvalue weighted by molar-refractivity contribution is 0.336. The molecule has 24 rings (SSSR count). The first-order valence-corrected chi connectivity index (χ1v) is 45.0. The Bertz CT molecular complexity index is 5680. The molecule has 0 amide bonds. The van der Waals surface area contributed by atoms with E-state index in [1.54, 1.807) is 48.4 Å². The quantitative estimate of drug-likeness (QED) is 0.154. The highest BCUT2D eigenvalue weighted by Gasteiger charge is 2.44. The SMILES string of the molecule is C1=N[C@@]2(CC1)CCc1c(cccc1-c1cncnc1)C2.CC1=N[C@@]2(CC1)CCc1c(cccc1-c1ccco1)C2.CC1=N[C@]2(CC1)CCc1c(cccc1-c1ccsc1)C2.CN1C=N[C@@]2(CCc3c(cccc3-c3cncnc3)C2)C1.CN1C=N[C@]2(CCc3c(cccc3-c3ccco3)C2)C1.CN1C=N[C@]2(CCc3c(cccc3-c3cncnc3)C2)C1. The first kappa shape index (κ1) is 80.0. The van der Waals surface area contributed by atoms with Gasteiger partial charge in [0.05, 0.1) is 64.8 Å². The van der Waals surface area contributed by atoms with E-state index >= 15 is 0 Å². The van der Waals surface area contributed by atoms with Gasteiger partial charge in [-0.2, -0.15) is 11.3 Å². The molecular weight excluding hydrogens is 1520 g/mol. The highest BCUT2D eigenvalue weighted by molar-refractivity contribution is 7.08. The van der Waals surface area contributed by atoms with Crippen LogP contribution in [0, 0.1) is 0 Å². The number of rotatable bonds is 6. The molecule has 6 aromatic heterocycles. The third-order valence-corrected chi connectivity index (χ3v) is 28.6. The lowest BCUT2D eigenvalue weighted by Gasteiger charge is -2.33. The summed E-state index contributed by atoms with van der Waals surface area (Å²) in [4.78, 5) is 60.6. The topological polar surface area (TPSA) is 188 Å². The lowest BCUT2D eigenvalue weighted by atomic mass is 9.75. The van der Waals surface area contributed by atoms with E-state index in [0.29, 0.717) is 0 Å². The van der Waals surface area contributed by atoms with Gasteiger partial charge in [-0.15, -0.1) is 0 Å². The lowest BCUT2D eigenvalue weighted by Crippen LogP contribution is -2.38. The summed E-state index contributed by atoms with van der Waals surface area (Å²) in [5.74, 6) is 1.97. The van der Waals surface area contributed by atoms with Gasteiger partial charge in [-0.05, 0) is 310 Å². The van der Waals surface area contributed by atoms with Crippen LogP contribution >= 0.6 is 11.3 Å². The second-order valence-corrected chi connectivity index (χ2v) is 37.2. The van der Waals surface area contributed by atoms with Gasteiger partial charge in [-0.3, -0.25) is 30.0 Å². The van der Waals surface area contributed by atoms with Crippen LogP contribution in [0.2, 0.25) is 0 Å². The van der Waals surface area contributed by atoms with Gasteiger partial charge in [-0.1, -0.05) is 109 Å². The average molecular weight is 1630 g/mol. The fourth-order valence-corrected chi connectivity index (χ4v) is 22.7. The van der Waals surface area contributed by atoms with Gasteiger partial charge in [-0.25, -0.2) is 29.9 Å². The predicted octanol–water partition coefficient (Wildman–Crippen LogP) is 20.4. The van der Waals surface area contributed by atoms with Crippen LogP contribution in [0.1, 0.15) is 158 Å². The van der Waals surface area contributed by atoms with Gasteiger partial charge in [0, 0.05) is 117 Å². The van der Waals surface area contributed by atoms with E-state index in [2.05, 4.69) is 218 Å². The van der Waals surface area contributed by atoms with Crippen molar-refractivity contribution in [3.05, 3.63) is 286 Å². The molecule has 6 aliphatic heterocycles. The molecule has 6 spiro atoms. The molecule has 18 heteroatoms. The molecule has 12 aromatic rings. The Balaban J connectivity index is 0.0000000964. The third-order valence-electron chi connectivity index (χ3n) is 27.9. The first-order valence-electron chi connectivity index (χ1n) is 44.1. The van der Waals surface area contributed by atoms with Crippen LogP contribution < -0.4 is 0 Å². The van der Waals surface area contributed by atoms with E-state index in [1.165, 1.54) is 169 Å². The molecule has 618 valence electrons. The Morgan fingerprint density at radius 1 is 0.311 bits per heavy atom. The summed E-state index contributed by atoms with van der Waals surface area (Å²) < 4.78 is 11.2. The maximum Gasteiger partial charge on any atom is 0.134 e. The maximum atomic E-state index is 5.59.